The van der Waals surface area contributed by atoms with Gasteiger partial charge in [-0.3, -0.25) is 0 Å². The molecule has 1 atom stereocenters. The van der Waals surface area contributed by atoms with Gasteiger partial charge >= 0.3 is 5.97 Å². The van der Waals surface area contributed by atoms with Crippen molar-refractivity contribution in [3.63, 3.8) is 0 Å². The molecule has 0 bridgehead atoms. The molecule has 2 rings (SSSR count). The predicted octanol–water partition coefficient (Wildman–Crippen LogP) is 2.03. The number of rotatable bonds is 2. The van der Waals surface area contributed by atoms with E-state index in [1.807, 2.05) is 18.2 Å². The number of nitrogens with zero attached hydrogens (tertiary/aromatic N) is 2. The third-order valence-electron chi connectivity index (χ3n) is 3.31. The molecular formula is C15H12N2O3. The van der Waals surface area contributed by atoms with Crippen molar-refractivity contribution in [1.29, 1.82) is 10.5 Å². The van der Waals surface area contributed by atoms with Crippen LogP contribution in [0.1, 0.15) is 18.6 Å². The number of carbonyl (C=O) groups is 1. The van der Waals surface area contributed by atoms with Gasteiger partial charge in [-0.05, 0) is 12.5 Å². The maximum atomic E-state index is 11.9. The Hall–Kier alpha value is -2.63. The van der Waals surface area contributed by atoms with Crippen molar-refractivity contribution < 1.29 is 14.3 Å². The summed E-state index contributed by atoms with van der Waals surface area (Å²) in [6.07, 6.45) is -0.775. The molecule has 1 aliphatic rings. The van der Waals surface area contributed by atoms with Crippen molar-refractivity contribution >= 4 is 5.97 Å². The van der Waals surface area contributed by atoms with Crippen LogP contribution in [-0.4, -0.2) is 18.7 Å². The Morgan fingerprint density at radius 3 is 2.40 bits per heavy atom. The lowest BCUT2D eigenvalue weighted by Crippen LogP contribution is -2.26. The summed E-state index contributed by atoms with van der Waals surface area (Å²) in [5, 5.41) is 18.5. The highest BCUT2D eigenvalue weighted by atomic mass is 16.5. The van der Waals surface area contributed by atoms with Crippen LogP contribution in [0.15, 0.2) is 41.5 Å². The lowest BCUT2D eigenvalue weighted by atomic mass is 9.93. The number of methoxy groups -OCH3 is 1. The highest BCUT2D eigenvalue weighted by Crippen LogP contribution is 2.43. The van der Waals surface area contributed by atoms with Crippen LogP contribution in [0, 0.1) is 22.7 Å². The number of nitriles is 2. The van der Waals surface area contributed by atoms with Gasteiger partial charge in [-0.15, -0.1) is 0 Å². The van der Waals surface area contributed by atoms with Crippen LogP contribution >= 0.6 is 0 Å². The summed E-state index contributed by atoms with van der Waals surface area (Å²) in [6.45, 7) is 1.54. The molecule has 0 amide bonds. The predicted molar refractivity (Wildman–Crippen MR) is 68.9 cm³/mol. The smallest absolute Gasteiger partial charge is 0.336 e. The summed E-state index contributed by atoms with van der Waals surface area (Å²) < 4.78 is 10.3. The number of hydrogen-bond acceptors (Lipinski definition) is 5. The molecule has 100 valence electrons. The first-order valence-corrected chi connectivity index (χ1v) is 5.94. The molecule has 0 saturated carbocycles. The van der Waals surface area contributed by atoms with E-state index in [0.717, 1.165) is 0 Å². The Kier molecular flexibility index (Phi) is 3.56. The molecule has 1 aromatic rings. The van der Waals surface area contributed by atoms with Gasteiger partial charge < -0.3 is 9.47 Å². The molecule has 0 aliphatic carbocycles. The monoisotopic (exact) mass is 268 g/mol. The van der Waals surface area contributed by atoms with Gasteiger partial charge in [-0.25, -0.2) is 4.79 Å². The first-order valence-electron chi connectivity index (χ1n) is 5.94. The van der Waals surface area contributed by atoms with E-state index in [4.69, 9.17) is 9.47 Å². The van der Waals surface area contributed by atoms with Crippen LogP contribution < -0.4 is 0 Å². The molecular weight excluding hydrogens is 256 g/mol. The number of hydrogen-bond donors (Lipinski definition) is 0. The zero-order chi connectivity index (χ0) is 14.8. The van der Waals surface area contributed by atoms with Gasteiger partial charge in [0.15, 0.2) is 0 Å². The van der Waals surface area contributed by atoms with E-state index in [9.17, 15) is 15.3 Å². The van der Waals surface area contributed by atoms with Gasteiger partial charge in [0.2, 0.25) is 0 Å². The Morgan fingerprint density at radius 1 is 1.30 bits per heavy atom. The fourth-order valence-corrected chi connectivity index (χ4v) is 2.19. The molecule has 0 N–H and O–H groups in total. The zero-order valence-electron chi connectivity index (χ0n) is 11.1. The normalized spacial score (nSPS) is 20.1. The summed E-state index contributed by atoms with van der Waals surface area (Å²) >= 11 is 0. The van der Waals surface area contributed by atoms with Crippen LogP contribution in [0.2, 0.25) is 0 Å². The van der Waals surface area contributed by atoms with E-state index < -0.39 is 17.7 Å². The highest BCUT2D eigenvalue weighted by molar-refractivity contribution is 5.92. The zero-order valence-corrected chi connectivity index (χ0v) is 11.1. The van der Waals surface area contributed by atoms with E-state index in [2.05, 4.69) is 0 Å². The van der Waals surface area contributed by atoms with Crippen molar-refractivity contribution in [3.8, 4) is 12.1 Å². The van der Waals surface area contributed by atoms with Gasteiger partial charge in [-0.2, -0.15) is 10.5 Å². The lowest BCUT2D eigenvalue weighted by Gasteiger charge is -2.17. The van der Waals surface area contributed by atoms with E-state index in [0.29, 0.717) is 5.56 Å². The Balaban J connectivity index is 2.59. The standard InChI is InChI=1S/C15H12N2O3/c1-10-12(14(18)19-2)13(11-6-4-3-5-7-11)20-15(10,8-16)9-17/h3-7,13H,1-2H3. The molecule has 0 saturated heterocycles. The van der Waals surface area contributed by atoms with Crippen molar-refractivity contribution in [1.82, 2.24) is 0 Å². The molecule has 20 heavy (non-hydrogen) atoms. The van der Waals surface area contributed by atoms with Crippen molar-refractivity contribution in [2.45, 2.75) is 18.6 Å². The molecule has 0 radical (unpaired) electrons. The second-order valence-corrected chi connectivity index (χ2v) is 4.34. The fraction of sp³-hybridized carbons (Fsp3) is 0.267. The van der Waals surface area contributed by atoms with E-state index in [-0.39, 0.29) is 11.1 Å². The molecule has 0 spiro atoms. The SMILES string of the molecule is COC(=O)C1=C(C)C(C#N)(C#N)OC1c1ccccc1. The largest absolute Gasteiger partial charge is 0.466 e. The van der Waals surface area contributed by atoms with E-state index in [1.165, 1.54) is 7.11 Å². The molecule has 1 unspecified atom stereocenters. The van der Waals surface area contributed by atoms with Crippen LogP contribution in [-0.2, 0) is 14.3 Å². The minimum absolute atomic E-state index is 0.210. The Labute approximate surface area is 116 Å². The summed E-state index contributed by atoms with van der Waals surface area (Å²) in [5.74, 6) is -0.594. The summed E-state index contributed by atoms with van der Waals surface area (Å²) in [5.41, 5.74) is -0.561. The molecule has 0 fully saturated rings. The first kappa shape index (κ1) is 13.8. The second kappa shape index (κ2) is 5.16. The molecule has 1 heterocycles. The minimum atomic E-state index is -1.75. The lowest BCUT2D eigenvalue weighted by molar-refractivity contribution is -0.137. The van der Waals surface area contributed by atoms with Crippen molar-refractivity contribution in [2.24, 2.45) is 0 Å². The minimum Gasteiger partial charge on any atom is -0.466 e. The quantitative estimate of drug-likeness (QED) is 0.766. The van der Waals surface area contributed by atoms with Crippen molar-refractivity contribution in [2.75, 3.05) is 7.11 Å². The van der Waals surface area contributed by atoms with Crippen LogP contribution in [0.5, 0.6) is 0 Å². The van der Waals surface area contributed by atoms with Crippen LogP contribution in [0.4, 0.5) is 0 Å². The topological polar surface area (TPSA) is 83.1 Å². The fourth-order valence-electron chi connectivity index (χ4n) is 2.19. The van der Waals surface area contributed by atoms with E-state index in [1.54, 1.807) is 31.2 Å². The highest BCUT2D eigenvalue weighted by Gasteiger charge is 2.49. The summed E-state index contributed by atoms with van der Waals surface area (Å²) in [4.78, 5) is 11.9. The molecule has 5 heteroatoms. The number of esters is 1. The summed E-state index contributed by atoms with van der Waals surface area (Å²) in [6, 6.07) is 12.6. The van der Waals surface area contributed by atoms with Crippen molar-refractivity contribution in [3.05, 3.63) is 47.0 Å². The average Bonchev–Trinajstić information content (AvgIpc) is 2.81. The Bertz CT molecular complexity index is 636. The number of ether oxygens (including phenoxy) is 2. The molecule has 1 aromatic carbocycles. The first-order chi connectivity index (χ1) is 9.59. The second-order valence-electron chi connectivity index (χ2n) is 4.34. The van der Waals surface area contributed by atoms with E-state index >= 15 is 0 Å². The van der Waals surface area contributed by atoms with Crippen LogP contribution in [0.25, 0.3) is 0 Å². The van der Waals surface area contributed by atoms with Gasteiger partial charge in [0.05, 0.1) is 12.7 Å². The van der Waals surface area contributed by atoms with Gasteiger partial charge in [0.25, 0.3) is 5.60 Å². The number of carbonyl (C=O) groups excluding carboxylic acids is 1. The summed E-state index contributed by atoms with van der Waals surface area (Å²) in [7, 11) is 1.25. The third kappa shape index (κ3) is 1.95. The average molecular weight is 268 g/mol. The van der Waals surface area contributed by atoms with Crippen LogP contribution in [0.3, 0.4) is 0 Å². The molecule has 1 aliphatic heterocycles. The van der Waals surface area contributed by atoms with Gasteiger partial charge in [0, 0.05) is 5.57 Å². The van der Waals surface area contributed by atoms with Gasteiger partial charge in [-0.1, -0.05) is 30.3 Å². The maximum Gasteiger partial charge on any atom is 0.336 e. The van der Waals surface area contributed by atoms with Gasteiger partial charge in [0.1, 0.15) is 18.2 Å². The molecule has 5 nitrogen and oxygen atoms in total. The Morgan fingerprint density at radius 2 is 1.90 bits per heavy atom. The number of benzene rings is 1. The molecule has 0 aromatic heterocycles. The third-order valence-corrected chi connectivity index (χ3v) is 3.31. The maximum absolute atomic E-state index is 11.9.